The Morgan fingerprint density at radius 2 is 1.40 bits per heavy atom. The van der Waals surface area contributed by atoms with E-state index in [0.29, 0.717) is 0 Å². The van der Waals surface area contributed by atoms with Crippen LogP contribution >= 0.6 is 11.6 Å². The summed E-state index contributed by atoms with van der Waals surface area (Å²) in [5.41, 5.74) is 9.57. The molecule has 0 spiro atoms. The average Bonchev–Trinajstić information content (AvgIpc) is 3.36. The van der Waals surface area contributed by atoms with Crippen LogP contribution in [0.15, 0.2) is 124 Å². The molecule has 2 aliphatic heterocycles. The van der Waals surface area contributed by atoms with Crippen LogP contribution in [0.25, 0.3) is 21.5 Å². The molecular weight excluding hydrogens is 532 g/mol. The molecule has 0 fully saturated rings. The third kappa shape index (κ3) is 4.11. The second kappa shape index (κ2) is 9.85. The molecule has 1 aliphatic carbocycles. The molecule has 0 amide bonds. The van der Waals surface area contributed by atoms with E-state index in [0.717, 1.165) is 35.7 Å². The molecule has 3 heteroatoms. The minimum atomic E-state index is -0.171. The fourth-order valence-electron chi connectivity index (χ4n) is 7.41. The van der Waals surface area contributed by atoms with Crippen LogP contribution in [0.5, 0.6) is 0 Å². The van der Waals surface area contributed by atoms with Gasteiger partial charge in [-0.15, -0.1) is 0 Å². The number of rotatable bonds is 3. The minimum absolute atomic E-state index is 0.110. The van der Waals surface area contributed by atoms with Crippen LogP contribution in [0.3, 0.4) is 0 Å². The summed E-state index contributed by atoms with van der Waals surface area (Å²) in [6.07, 6.45) is 12.0. The third-order valence-corrected chi connectivity index (χ3v) is 10.1. The minimum Gasteiger partial charge on any atom is -0.347 e. The molecule has 3 aliphatic rings. The maximum Gasteiger partial charge on any atom is 0.0681 e. The summed E-state index contributed by atoms with van der Waals surface area (Å²) in [7, 11) is 2.18. The van der Waals surface area contributed by atoms with Gasteiger partial charge >= 0.3 is 0 Å². The lowest BCUT2D eigenvalue weighted by atomic mass is 9.79. The quantitative estimate of drug-likeness (QED) is 0.240. The maximum atomic E-state index is 7.11. The molecule has 42 heavy (non-hydrogen) atoms. The second-order valence-electron chi connectivity index (χ2n) is 12.9. The van der Waals surface area contributed by atoms with Crippen LogP contribution in [0.4, 0.5) is 11.4 Å². The highest BCUT2D eigenvalue weighted by molar-refractivity contribution is 6.32. The molecule has 4 aromatic carbocycles. The van der Waals surface area contributed by atoms with Gasteiger partial charge in [0.15, 0.2) is 0 Å². The van der Waals surface area contributed by atoms with Crippen LogP contribution < -0.4 is 4.90 Å². The Balaban J connectivity index is 1.20. The van der Waals surface area contributed by atoms with Crippen molar-refractivity contribution in [3.63, 3.8) is 0 Å². The molecule has 0 aromatic heterocycles. The molecule has 4 aromatic rings. The second-order valence-corrected chi connectivity index (χ2v) is 13.3. The monoisotopic (exact) mass is 568 g/mol. The van der Waals surface area contributed by atoms with Gasteiger partial charge in [-0.2, -0.15) is 0 Å². The number of fused-ring (bicyclic) bond motifs is 6. The summed E-state index contributed by atoms with van der Waals surface area (Å²) >= 11 is 7.11. The van der Waals surface area contributed by atoms with Crippen molar-refractivity contribution in [2.45, 2.75) is 57.8 Å². The Morgan fingerprint density at radius 1 is 0.738 bits per heavy atom. The van der Waals surface area contributed by atoms with E-state index >= 15 is 0 Å². The van der Waals surface area contributed by atoms with E-state index in [1.807, 2.05) is 0 Å². The van der Waals surface area contributed by atoms with Crippen molar-refractivity contribution >= 4 is 50.2 Å². The van der Waals surface area contributed by atoms with E-state index < -0.39 is 0 Å². The third-order valence-electron chi connectivity index (χ3n) is 9.65. The Labute approximate surface area is 254 Å². The molecular formula is C39H37ClN2. The molecule has 2 nitrogen and oxygen atoms in total. The van der Waals surface area contributed by atoms with E-state index in [1.54, 1.807) is 0 Å². The number of benzene rings is 4. The van der Waals surface area contributed by atoms with Crippen molar-refractivity contribution in [2.75, 3.05) is 11.9 Å². The van der Waals surface area contributed by atoms with E-state index in [-0.39, 0.29) is 10.8 Å². The number of likely N-dealkylation sites (N-methyl/N-ethyl adjacent to an activating group) is 1. The fourth-order valence-corrected chi connectivity index (χ4v) is 7.73. The normalized spacial score (nSPS) is 21.2. The first-order chi connectivity index (χ1) is 20.2. The summed E-state index contributed by atoms with van der Waals surface area (Å²) < 4.78 is 0. The van der Waals surface area contributed by atoms with Gasteiger partial charge in [0.2, 0.25) is 0 Å². The molecule has 0 N–H and O–H groups in total. The van der Waals surface area contributed by atoms with Gasteiger partial charge < -0.3 is 4.90 Å². The van der Waals surface area contributed by atoms with Crippen LogP contribution in [0.2, 0.25) is 0 Å². The molecule has 0 bridgehead atoms. The Kier molecular flexibility index (Phi) is 6.33. The van der Waals surface area contributed by atoms with E-state index in [4.69, 9.17) is 16.6 Å². The van der Waals surface area contributed by atoms with E-state index in [9.17, 15) is 0 Å². The predicted octanol–water partition coefficient (Wildman–Crippen LogP) is 10.8. The van der Waals surface area contributed by atoms with Gasteiger partial charge in [0.25, 0.3) is 0 Å². The molecule has 0 saturated heterocycles. The summed E-state index contributed by atoms with van der Waals surface area (Å²) in [6.45, 7) is 9.24. The zero-order valence-corrected chi connectivity index (χ0v) is 25.9. The topological polar surface area (TPSA) is 15.6 Å². The first-order valence-electron chi connectivity index (χ1n) is 15.0. The SMILES string of the molecule is CN1/C(=C/C=C2\CCCC(/C=C/C3=Nc4ccc5ccccc5c4C3(C)C)=C2Cl)C(C)(C)c2c1ccc1ccccc21. The Bertz CT molecular complexity index is 1930. The molecule has 0 saturated carbocycles. The van der Waals surface area contributed by atoms with Gasteiger partial charge in [0.05, 0.1) is 11.4 Å². The highest BCUT2D eigenvalue weighted by atomic mass is 35.5. The van der Waals surface area contributed by atoms with E-state index in [2.05, 4.69) is 137 Å². The molecule has 0 radical (unpaired) electrons. The zero-order chi connectivity index (χ0) is 29.2. The standard InChI is InChI=1S/C39H37ClN2/c1-38(2)33(41-31-21-17-25-11-6-8-15-29(25)35(31)38)23-19-27-13-10-14-28(37(27)40)20-24-34-39(3,4)36-30-16-9-7-12-26(30)18-22-32(36)42(34)5/h6-9,11-12,15-24H,10,13-14H2,1-5H3/b23-19+,28-20+,34-24+. The lowest BCUT2D eigenvalue weighted by Crippen LogP contribution is -2.24. The van der Waals surface area contributed by atoms with Gasteiger partial charge in [-0.05, 0) is 87.4 Å². The lowest BCUT2D eigenvalue weighted by molar-refractivity contribution is 0.645. The summed E-state index contributed by atoms with van der Waals surface area (Å²) in [6, 6.07) is 26.2. The summed E-state index contributed by atoms with van der Waals surface area (Å²) in [5.74, 6) is 0. The molecule has 210 valence electrons. The van der Waals surface area contributed by atoms with Crippen molar-refractivity contribution < 1.29 is 0 Å². The maximum absolute atomic E-state index is 7.11. The van der Waals surface area contributed by atoms with Crippen molar-refractivity contribution in [3.05, 3.63) is 130 Å². The molecule has 7 rings (SSSR count). The van der Waals surface area contributed by atoms with Crippen molar-refractivity contribution in [3.8, 4) is 0 Å². The molecule has 0 unspecified atom stereocenters. The lowest BCUT2D eigenvalue weighted by Gasteiger charge is -2.25. The van der Waals surface area contributed by atoms with Crippen LogP contribution in [-0.4, -0.2) is 12.8 Å². The number of allylic oxidation sites excluding steroid dienone is 8. The van der Waals surface area contributed by atoms with Crippen LogP contribution in [0.1, 0.15) is 58.1 Å². The largest absolute Gasteiger partial charge is 0.347 e. The zero-order valence-electron chi connectivity index (χ0n) is 25.1. The highest BCUT2D eigenvalue weighted by Gasteiger charge is 2.39. The molecule has 0 atom stereocenters. The number of anilines is 1. The number of aliphatic imine (C=N–C) groups is 1. The van der Waals surface area contributed by atoms with E-state index in [1.165, 1.54) is 55.2 Å². The smallest absolute Gasteiger partial charge is 0.0681 e. The predicted molar refractivity (Wildman–Crippen MR) is 181 cm³/mol. The summed E-state index contributed by atoms with van der Waals surface area (Å²) in [4.78, 5) is 7.42. The van der Waals surface area contributed by atoms with Crippen LogP contribution in [0, 0.1) is 0 Å². The number of halogens is 1. The number of nitrogens with zero attached hydrogens (tertiary/aromatic N) is 2. The Morgan fingerprint density at radius 3 is 2.14 bits per heavy atom. The average molecular weight is 569 g/mol. The van der Waals surface area contributed by atoms with Gasteiger partial charge in [-0.3, -0.25) is 4.99 Å². The van der Waals surface area contributed by atoms with Gasteiger partial charge in [-0.25, -0.2) is 0 Å². The van der Waals surface area contributed by atoms with Gasteiger partial charge in [0.1, 0.15) is 0 Å². The summed E-state index contributed by atoms with van der Waals surface area (Å²) in [5, 5.41) is 6.06. The van der Waals surface area contributed by atoms with Crippen LogP contribution in [-0.2, 0) is 10.8 Å². The number of hydrogen-bond donors (Lipinski definition) is 0. The van der Waals surface area contributed by atoms with Gasteiger partial charge in [0, 0.05) is 34.3 Å². The first kappa shape index (κ1) is 27.0. The highest BCUT2D eigenvalue weighted by Crippen LogP contribution is 2.50. The Hall–Kier alpha value is -3.88. The number of hydrogen-bond acceptors (Lipinski definition) is 2. The fraction of sp³-hybridized carbons (Fsp3) is 0.256. The first-order valence-corrected chi connectivity index (χ1v) is 15.4. The van der Waals surface area contributed by atoms with Gasteiger partial charge in [-0.1, -0.05) is 112 Å². The van der Waals surface area contributed by atoms with Crippen molar-refractivity contribution in [1.82, 2.24) is 0 Å². The van der Waals surface area contributed by atoms with Crippen molar-refractivity contribution in [2.24, 2.45) is 4.99 Å². The molecule has 2 heterocycles. The van der Waals surface area contributed by atoms with Crippen molar-refractivity contribution in [1.29, 1.82) is 0 Å².